The lowest BCUT2D eigenvalue weighted by Crippen LogP contribution is -2.50. The summed E-state index contributed by atoms with van der Waals surface area (Å²) < 4.78 is 27.9. The van der Waals surface area contributed by atoms with Gasteiger partial charge in [0, 0.05) is 87.9 Å². The lowest BCUT2D eigenvalue weighted by molar-refractivity contribution is -0.150. The molecule has 0 aliphatic carbocycles. The largest absolute Gasteiger partial charge is 0.481 e. The van der Waals surface area contributed by atoms with Crippen molar-refractivity contribution in [2.24, 2.45) is 41.2 Å². The van der Waals surface area contributed by atoms with Crippen LogP contribution in [0.1, 0.15) is 198 Å². The zero-order valence-corrected chi connectivity index (χ0v) is 56.1. The van der Waals surface area contributed by atoms with E-state index in [1.165, 1.54) is 6.92 Å². The molecule has 3 rings (SSSR count). The fraction of sp³-hybridized carbons (Fsp3) is 0.731. The number of nitrogens with zero attached hydrogens (tertiary/aromatic N) is 3. The number of nitrogens with two attached hydrogens (primary N) is 1. The molecule has 1 aromatic carbocycles. The van der Waals surface area contributed by atoms with Gasteiger partial charge in [0.1, 0.15) is 16.5 Å². The second-order valence-electron chi connectivity index (χ2n) is 24.8. The van der Waals surface area contributed by atoms with Crippen LogP contribution in [-0.4, -0.2) is 170 Å². The Hall–Kier alpha value is -5.52. The quantitative estimate of drug-likeness (QED) is 0.0356. The van der Waals surface area contributed by atoms with Gasteiger partial charge in [-0.3, -0.25) is 48.1 Å². The minimum Gasteiger partial charge on any atom is -0.481 e. The highest BCUT2D eigenvalue weighted by Crippen LogP contribution is 2.34. The third kappa shape index (κ3) is 29.1. The van der Waals surface area contributed by atoms with Crippen molar-refractivity contribution in [3.63, 3.8) is 0 Å². The number of hydrogen-bond acceptors (Lipinski definition) is 17. The van der Waals surface area contributed by atoms with Gasteiger partial charge in [0.05, 0.1) is 64.2 Å². The number of thiazole rings is 1. The number of aliphatic carboxylic acids is 1. The van der Waals surface area contributed by atoms with Crippen LogP contribution in [0.2, 0.25) is 0 Å². The molecule has 0 spiro atoms. The van der Waals surface area contributed by atoms with Crippen LogP contribution in [0.4, 0.5) is 0 Å². The number of amides is 4. The van der Waals surface area contributed by atoms with Crippen LogP contribution < -0.4 is 16.4 Å². The van der Waals surface area contributed by atoms with Crippen molar-refractivity contribution in [3.8, 4) is 0 Å². The molecule has 0 unspecified atom stereocenters. The molecule has 4 amide bonds. The van der Waals surface area contributed by atoms with Crippen LogP contribution in [0.3, 0.4) is 0 Å². The third-order valence-corrected chi connectivity index (χ3v) is 17.6. The summed E-state index contributed by atoms with van der Waals surface area (Å²) >= 11 is 1.14. The first-order chi connectivity index (χ1) is 42.4. The molecule has 1 fully saturated rings. The van der Waals surface area contributed by atoms with Crippen molar-refractivity contribution in [1.29, 1.82) is 0 Å². The van der Waals surface area contributed by atoms with Gasteiger partial charge in [-0.25, -0.2) is 4.98 Å². The van der Waals surface area contributed by atoms with Crippen LogP contribution in [-0.2, 0) is 74.9 Å². The number of likely N-dealkylation sites (tertiary alicyclic amines) is 1. The van der Waals surface area contributed by atoms with E-state index in [1.54, 1.807) is 36.6 Å². The fourth-order valence-electron chi connectivity index (χ4n) is 11.2. The van der Waals surface area contributed by atoms with E-state index in [0.29, 0.717) is 89.0 Å². The minimum absolute atomic E-state index is 0.0357. The molecule has 502 valence electrons. The predicted octanol–water partition coefficient (Wildman–Crippen LogP) is 8.70. The summed E-state index contributed by atoms with van der Waals surface area (Å²) in [6.45, 7) is 23.3. The Kier molecular flexibility index (Phi) is 37.1. The number of ether oxygens (including phenoxy) is 5. The molecule has 9 atom stereocenters. The number of rotatable bonds is 48. The zero-order valence-electron chi connectivity index (χ0n) is 55.3. The zero-order chi connectivity index (χ0) is 66.0. The van der Waals surface area contributed by atoms with Gasteiger partial charge in [0.25, 0.3) is 5.91 Å². The van der Waals surface area contributed by atoms with E-state index in [2.05, 4.69) is 15.5 Å². The molecule has 89 heavy (non-hydrogen) atoms. The number of carboxylic acids is 1. The molecule has 0 saturated carbocycles. The van der Waals surface area contributed by atoms with Crippen LogP contribution in [0.15, 0.2) is 29.6 Å². The fourth-order valence-corrected chi connectivity index (χ4v) is 12.0. The number of hydrogen-bond donors (Lipinski definition) is 4. The van der Waals surface area contributed by atoms with Crippen molar-refractivity contribution >= 4 is 64.3 Å². The SMILES string of the molecule is CCCOCCOCCOCCOCCC(=O)C[C@H](C(=O)N[C@@H](CCCCC(N)=O)C(=O)Cc1ccc(C[C@@H](C[C@H](C)C(=O)O)NC(=O)c2csc([C@@H](C[C@H](C(C)C)N(CCC)C(=O)[C@@H](CC(=O)[C@H]3CCCCN3C)[C@@H](C)CC)OC(C)=O)n2)cc1)C(C)C. The Morgan fingerprint density at radius 1 is 0.764 bits per heavy atom. The van der Waals surface area contributed by atoms with E-state index in [-0.39, 0.29) is 117 Å². The number of carbonyl (C=O) groups is 9. The second-order valence-corrected chi connectivity index (χ2v) is 25.7. The van der Waals surface area contributed by atoms with Gasteiger partial charge in [-0.1, -0.05) is 106 Å². The van der Waals surface area contributed by atoms with E-state index in [1.807, 2.05) is 67.3 Å². The molecular weight excluding hydrogens is 1160 g/mol. The number of nitrogens with one attached hydrogen (secondary N) is 2. The number of unbranched alkanes of at least 4 members (excludes halogenated alkanes) is 1. The van der Waals surface area contributed by atoms with E-state index in [4.69, 9.17) is 34.4 Å². The average molecular weight is 1270 g/mol. The smallest absolute Gasteiger partial charge is 0.306 e. The molecule has 22 heteroatoms. The van der Waals surface area contributed by atoms with E-state index < -0.39 is 71.6 Å². The Labute approximate surface area is 533 Å². The van der Waals surface area contributed by atoms with Crippen LogP contribution in [0.5, 0.6) is 0 Å². The third-order valence-electron chi connectivity index (χ3n) is 16.7. The van der Waals surface area contributed by atoms with Crippen LogP contribution in [0, 0.1) is 35.5 Å². The van der Waals surface area contributed by atoms with Gasteiger partial charge in [-0.05, 0) is 93.8 Å². The highest BCUT2D eigenvalue weighted by atomic mass is 32.1. The van der Waals surface area contributed by atoms with Crippen molar-refractivity contribution in [2.45, 2.75) is 209 Å². The normalized spacial score (nSPS) is 16.3. The first-order valence-corrected chi connectivity index (χ1v) is 33.5. The molecule has 21 nitrogen and oxygen atoms in total. The molecule has 1 saturated heterocycles. The number of carboxylic acid groups (broad SMARTS) is 1. The minimum atomic E-state index is -1.04. The molecule has 2 heterocycles. The summed E-state index contributed by atoms with van der Waals surface area (Å²) in [5.74, 6) is -5.95. The number of primary amides is 1. The number of aromatic nitrogens is 1. The number of likely N-dealkylation sites (N-methyl/N-ethyl adjacent to an activating group) is 1. The molecule has 5 N–H and O–H groups in total. The van der Waals surface area contributed by atoms with E-state index in [0.717, 1.165) is 49.1 Å². The Morgan fingerprint density at radius 3 is 1.96 bits per heavy atom. The molecule has 1 aromatic heterocycles. The Morgan fingerprint density at radius 2 is 1.39 bits per heavy atom. The first-order valence-electron chi connectivity index (χ1n) is 32.6. The highest BCUT2D eigenvalue weighted by Gasteiger charge is 2.39. The standard InChI is InChI=1S/C67H108N6O15S/c1-12-27-73(66(81)54(46(8)14-3)41-60(77)57-20-17-18-28-72(57)11)58(45(6)7)42-61(88-48(10)74)65-71-56(43-89-65)64(80)69-51(37-47(9)67(82)83)38-49-22-24-50(25-23-49)39-59(76)55(19-15-16-21-62(68)78)70-63(79)53(44(4)5)40-52(75)26-30-85-32-34-87-36-35-86-33-31-84-29-13-2/h22-25,43-47,51,53-55,57-58,61H,12-21,26-42H2,1-11H3,(H2,68,78)(H,69,80)(H,70,79)(H,82,83)/t46-,47-,51+,53-,54-,55-,57+,58+,61+/m0/s1. The maximum atomic E-state index is 14.9. The number of carbonyl (C=O) groups excluding carboxylic acids is 8. The topological polar surface area (TPSA) is 289 Å². The van der Waals surface area contributed by atoms with Crippen molar-refractivity contribution in [3.05, 3.63) is 51.5 Å². The summed E-state index contributed by atoms with van der Waals surface area (Å²) in [5.41, 5.74) is 6.83. The maximum absolute atomic E-state index is 14.9. The van der Waals surface area contributed by atoms with Gasteiger partial charge in [-0.2, -0.15) is 0 Å². The molecule has 1 aliphatic heterocycles. The summed E-state index contributed by atoms with van der Waals surface area (Å²) in [4.78, 5) is 129. The number of benzene rings is 1. The maximum Gasteiger partial charge on any atom is 0.306 e. The summed E-state index contributed by atoms with van der Waals surface area (Å²) in [7, 11) is 1.97. The molecule has 2 aromatic rings. The molecule has 0 radical (unpaired) electrons. The number of Topliss-reactive ketones (excluding diaryl/α,β-unsaturated/α-hetero) is 3. The highest BCUT2D eigenvalue weighted by molar-refractivity contribution is 7.09. The molecule has 1 aliphatic rings. The van der Waals surface area contributed by atoms with Crippen molar-refractivity contribution in [1.82, 2.24) is 25.4 Å². The first kappa shape index (κ1) is 77.7. The van der Waals surface area contributed by atoms with Crippen molar-refractivity contribution in [2.75, 3.05) is 73.0 Å². The number of esters is 1. The van der Waals surface area contributed by atoms with Gasteiger partial charge in [-0.15, -0.1) is 11.3 Å². The average Bonchev–Trinajstić information content (AvgIpc) is 2.52. The van der Waals surface area contributed by atoms with Crippen LogP contribution >= 0.6 is 11.3 Å². The predicted molar refractivity (Wildman–Crippen MR) is 342 cm³/mol. The van der Waals surface area contributed by atoms with Crippen molar-refractivity contribution < 1.29 is 71.9 Å². The van der Waals surface area contributed by atoms with Gasteiger partial charge in [0.2, 0.25) is 17.7 Å². The van der Waals surface area contributed by atoms with Gasteiger partial charge >= 0.3 is 11.9 Å². The lowest BCUT2D eigenvalue weighted by Gasteiger charge is -2.39. The Balaban J connectivity index is 1.74. The monoisotopic (exact) mass is 1270 g/mol. The number of piperidine rings is 1. The molecule has 0 bridgehead atoms. The second kappa shape index (κ2) is 42.5. The summed E-state index contributed by atoms with van der Waals surface area (Å²) in [6, 6.07) is 4.91. The summed E-state index contributed by atoms with van der Waals surface area (Å²) in [6.07, 6.45) is 6.08. The Bertz CT molecular complexity index is 2490. The molecular formula is C67H108N6O15S. The van der Waals surface area contributed by atoms with Gasteiger partial charge < -0.3 is 50.1 Å². The van der Waals surface area contributed by atoms with Gasteiger partial charge in [0.15, 0.2) is 17.7 Å². The van der Waals surface area contributed by atoms with Crippen LogP contribution in [0.25, 0.3) is 0 Å². The van der Waals surface area contributed by atoms with E-state index >= 15 is 0 Å². The lowest BCUT2D eigenvalue weighted by atomic mass is 9.82. The van der Waals surface area contributed by atoms with E-state index in [9.17, 15) is 48.3 Å². The number of ketones is 3. The summed E-state index contributed by atoms with van der Waals surface area (Å²) in [5, 5.41) is 17.8.